The van der Waals surface area contributed by atoms with Crippen LogP contribution in [0.2, 0.25) is 0 Å². The molecular formula is C15H16FNO2. The first-order valence-electron chi connectivity index (χ1n) is 6.22. The fourth-order valence-corrected chi connectivity index (χ4v) is 1.83. The number of amides is 1. The molecule has 0 aliphatic heterocycles. The van der Waals surface area contributed by atoms with Crippen molar-refractivity contribution in [3.63, 3.8) is 0 Å². The highest BCUT2D eigenvalue weighted by Gasteiger charge is 2.11. The Morgan fingerprint density at radius 2 is 2.05 bits per heavy atom. The van der Waals surface area contributed by atoms with Crippen LogP contribution in [-0.2, 0) is 11.2 Å². The van der Waals surface area contributed by atoms with Crippen molar-refractivity contribution in [1.29, 1.82) is 0 Å². The number of aryl methyl sites for hydroxylation is 1. The first kappa shape index (κ1) is 13.3. The number of rotatable bonds is 5. The SMILES string of the molecule is C[C@H](NC(=O)CCc1ccc(F)cc1)c1ccco1. The third-order valence-corrected chi connectivity index (χ3v) is 2.90. The van der Waals surface area contributed by atoms with E-state index in [1.807, 2.05) is 13.0 Å². The second-order valence-electron chi connectivity index (χ2n) is 4.43. The van der Waals surface area contributed by atoms with Gasteiger partial charge in [-0.3, -0.25) is 4.79 Å². The Balaban J connectivity index is 1.80. The van der Waals surface area contributed by atoms with Gasteiger partial charge in [-0.15, -0.1) is 0 Å². The van der Waals surface area contributed by atoms with Gasteiger partial charge in [0.25, 0.3) is 0 Å². The molecule has 0 aliphatic rings. The Morgan fingerprint density at radius 3 is 2.68 bits per heavy atom. The van der Waals surface area contributed by atoms with E-state index < -0.39 is 0 Å². The molecule has 0 aliphatic carbocycles. The van der Waals surface area contributed by atoms with Gasteiger partial charge in [0.15, 0.2) is 0 Å². The highest BCUT2D eigenvalue weighted by molar-refractivity contribution is 5.76. The first-order valence-corrected chi connectivity index (χ1v) is 6.22. The zero-order valence-corrected chi connectivity index (χ0v) is 10.7. The minimum absolute atomic E-state index is 0.0479. The van der Waals surface area contributed by atoms with E-state index in [0.717, 1.165) is 11.3 Å². The maximum absolute atomic E-state index is 12.7. The lowest BCUT2D eigenvalue weighted by molar-refractivity contribution is -0.121. The standard InChI is InChI=1S/C15H16FNO2/c1-11(14-3-2-10-19-14)17-15(18)9-6-12-4-7-13(16)8-5-12/h2-5,7-8,10-11H,6,9H2,1H3,(H,17,18)/t11-/m0/s1. The van der Waals surface area contributed by atoms with Crippen LogP contribution in [0.25, 0.3) is 0 Å². The van der Waals surface area contributed by atoms with E-state index >= 15 is 0 Å². The van der Waals surface area contributed by atoms with E-state index in [-0.39, 0.29) is 17.8 Å². The molecule has 0 radical (unpaired) electrons. The smallest absolute Gasteiger partial charge is 0.220 e. The summed E-state index contributed by atoms with van der Waals surface area (Å²) in [6.07, 6.45) is 2.55. The Kier molecular flexibility index (Phi) is 4.34. The Hall–Kier alpha value is -2.10. The van der Waals surface area contributed by atoms with E-state index in [0.29, 0.717) is 12.8 Å². The Labute approximate surface area is 111 Å². The zero-order valence-electron chi connectivity index (χ0n) is 10.7. The normalized spacial score (nSPS) is 12.1. The highest BCUT2D eigenvalue weighted by atomic mass is 19.1. The molecule has 1 N–H and O–H groups in total. The van der Waals surface area contributed by atoms with Crippen LogP contribution < -0.4 is 5.32 Å². The summed E-state index contributed by atoms with van der Waals surface area (Å²) < 4.78 is 17.9. The Bertz CT molecular complexity index is 520. The van der Waals surface area contributed by atoms with E-state index in [2.05, 4.69) is 5.32 Å². The van der Waals surface area contributed by atoms with Crippen LogP contribution in [0.15, 0.2) is 47.1 Å². The van der Waals surface area contributed by atoms with Crippen LogP contribution in [0.5, 0.6) is 0 Å². The van der Waals surface area contributed by atoms with E-state index in [4.69, 9.17) is 4.42 Å². The predicted molar refractivity (Wildman–Crippen MR) is 70.0 cm³/mol. The lowest BCUT2D eigenvalue weighted by Crippen LogP contribution is -2.26. The molecule has 0 fully saturated rings. The molecule has 2 aromatic rings. The lowest BCUT2D eigenvalue weighted by Gasteiger charge is -2.11. The molecule has 0 unspecified atom stereocenters. The molecule has 19 heavy (non-hydrogen) atoms. The number of furan rings is 1. The molecule has 3 nitrogen and oxygen atoms in total. The molecule has 1 amide bonds. The summed E-state index contributed by atoms with van der Waals surface area (Å²) in [7, 11) is 0. The van der Waals surface area contributed by atoms with Gasteiger partial charge in [-0.2, -0.15) is 0 Å². The summed E-state index contributed by atoms with van der Waals surface area (Å²) in [6, 6.07) is 9.66. The van der Waals surface area contributed by atoms with Crippen molar-refractivity contribution < 1.29 is 13.6 Å². The zero-order chi connectivity index (χ0) is 13.7. The summed E-state index contributed by atoms with van der Waals surface area (Å²) in [5.74, 6) is 0.419. The number of carbonyl (C=O) groups excluding carboxylic acids is 1. The monoisotopic (exact) mass is 261 g/mol. The molecule has 4 heteroatoms. The largest absolute Gasteiger partial charge is 0.467 e. The molecule has 0 saturated heterocycles. The summed E-state index contributed by atoms with van der Waals surface area (Å²) in [6.45, 7) is 1.87. The van der Waals surface area contributed by atoms with Crippen LogP contribution >= 0.6 is 0 Å². The molecule has 0 spiro atoms. The van der Waals surface area contributed by atoms with E-state index in [1.165, 1.54) is 12.1 Å². The summed E-state index contributed by atoms with van der Waals surface area (Å²) in [5.41, 5.74) is 0.946. The van der Waals surface area contributed by atoms with Crippen LogP contribution in [0.4, 0.5) is 4.39 Å². The number of halogens is 1. The second kappa shape index (κ2) is 6.18. The van der Waals surface area contributed by atoms with Gasteiger partial charge in [0.1, 0.15) is 11.6 Å². The van der Waals surface area contributed by atoms with Crippen LogP contribution in [0.3, 0.4) is 0 Å². The summed E-state index contributed by atoms with van der Waals surface area (Å²) in [4.78, 5) is 11.8. The topological polar surface area (TPSA) is 42.2 Å². The average molecular weight is 261 g/mol. The van der Waals surface area contributed by atoms with E-state index in [9.17, 15) is 9.18 Å². The van der Waals surface area contributed by atoms with Crippen molar-refractivity contribution in [3.05, 3.63) is 59.8 Å². The van der Waals surface area contributed by atoms with Crippen molar-refractivity contribution in [2.75, 3.05) is 0 Å². The van der Waals surface area contributed by atoms with Gasteiger partial charge < -0.3 is 9.73 Å². The fourth-order valence-electron chi connectivity index (χ4n) is 1.83. The second-order valence-corrected chi connectivity index (χ2v) is 4.43. The van der Waals surface area contributed by atoms with Gasteiger partial charge in [-0.1, -0.05) is 12.1 Å². The van der Waals surface area contributed by atoms with Gasteiger partial charge in [-0.05, 0) is 43.2 Å². The fraction of sp³-hybridized carbons (Fsp3) is 0.267. The van der Waals surface area contributed by atoms with Crippen LogP contribution in [0.1, 0.15) is 30.7 Å². The number of hydrogen-bond acceptors (Lipinski definition) is 2. The van der Waals surface area contributed by atoms with Gasteiger partial charge in [0.05, 0.1) is 12.3 Å². The first-order chi connectivity index (χ1) is 9.15. The lowest BCUT2D eigenvalue weighted by atomic mass is 10.1. The molecule has 0 bridgehead atoms. The van der Waals surface area contributed by atoms with Crippen LogP contribution in [-0.4, -0.2) is 5.91 Å². The summed E-state index contributed by atoms with van der Waals surface area (Å²) >= 11 is 0. The molecule has 100 valence electrons. The van der Waals surface area contributed by atoms with Gasteiger partial charge >= 0.3 is 0 Å². The molecule has 1 heterocycles. The molecule has 1 aromatic heterocycles. The molecule has 1 atom stereocenters. The number of carbonyl (C=O) groups is 1. The van der Waals surface area contributed by atoms with Crippen molar-refractivity contribution in [3.8, 4) is 0 Å². The molecule has 2 rings (SSSR count). The van der Waals surface area contributed by atoms with Crippen LogP contribution in [0, 0.1) is 5.82 Å². The number of benzene rings is 1. The van der Waals surface area contributed by atoms with Crippen molar-refractivity contribution >= 4 is 5.91 Å². The number of nitrogens with one attached hydrogen (secondary N) is 1. The van der Waals surface area contributed by atoms with Gasteiger partial charge in [-0.25, -0.2) is 4.39 Å². The van der Waals surface area contributed by atoms with Gasteiger partial charge in [0, 0.05) is 6.42 Å². The Morgan fingerprint density at radius 1 is 1.32 bits per heavy atom. The quantitative estimate of drug-likeness (QED) is 0.897. The maximum atomic E-state index is 12.7. The van der Waals surface area contributed by atoms with Crippen molar-refractivity contribution in [2.45, 2.75) is 25.8 Å². The van der Waals surface area contributed by atoms with Crippen molar-refractivity contribution in [1.82, 2.24) is 5.32 Å². The third-order valence-electron chi connectivity index (χ3n) is 2.90. The molecule has 0 saturated carbocycles. The minimum Gasteiger partial charge on any atom is -0.467 e. The third kappa shape index (κ3) is 3.95. The maximum Gasteiger partial charge on any atom is 0.220 e. The molecule has 1 aromatic carbocycles. The molecular weight excluding hydrogens is 245 g/mol. The average Bonchev–Trinajstić information content (AvgIpc) is 2.92. The predicted octanol–water partition coefficient (Wildman–Crippen LogP) is 3.23. The summed E-state index contributed by atoms with van der Waals surface area (Å²) in [5, 5.41) is 2.86. The number of hydrogen-bond donors (Lipinski definition) is 1. The highest BCUT2D eigenvalue weighted by Crippen LogP contribution is 2.12. The minimum atomic E-state index is -0.264. The van der Waals surface area contributed by atoms with Gasteiger partial charge in [0.2, 0.25) is 5.91 Å². The van der Waals surface area contributed by atoms with Crippen molar-refractivity contribution in [2.24, 2.45) is 0 Å². The van der Waals surface area contributed by atoms with E-state index in [1.54, 1.807) is 24.5 Å².